The normalized spacial score (nSPS) is 21.3. The Hall–Kier alpha value is -1.91. The molecular weight excluding hydrogens is 330 g/mol. The molecule has 2 fully saturated rings. The molecule has 1 aromatic heterocycles. The van der Waals surface area contributed by atoms with Gasteiger partial charge in [0.05, 0.1) is 18.3 Å². The molecule has 2 heterocycles. The quantitative estimate of drug-likeness (QED) is 0.798. The molecule has 1 saturated heterocycles. The Morgan fingerprint density at radius 3 is 2.50 bits per heavy atom. The Kier molecular flexibility index (Phi) is 5.94. The van der Waals surface area contributed by atoms with Crippen molar-refractivity contribution in [3.8, 4) is 6.07 Å². The molecule has 0 atom stereocenters. The summed E-state index contributed by atoms with van der Waals surface area (Å²) in [5, 5.41) is 13.7. The molecule has 1 aliphatic carbocycles. The SMILES string of the molecule is Cc1cc(CN2CCN(CC(=O)N(C)C3(C#N)CCCCC3)CC2)no1. The van der Waals surface area contributed by atoms with Crippen LogP contribution in [0.4, 0.5) is 0 Å². The van der Waals surface area contributed by atoms with Crippen molar-refractivity contribution in [2.24, 2.45) is 0 Å². The molecule has 0 spiro atoms. The topological polar surface area (TPSA) is 76.6 Å². The van der Waals surface area contributed by atoms with E-state index in [1.54, 1.807) is 11.9 Å². The number of rotatable bonds is 5. The Labute approximate surface area is 155 Å². The summed E-state index contributed by atoms with van der Waals surface area (Å²) >= 11 is 0. The first-order valence-corrected chi connectivity index (χ1v) is 9.57. The van der Waals surface area contributed by atoms with E-state index < -0.39 is 5.54 Å². The fraction of sp³-hybridized carbons (Fsp3) is 0.737. The molecule has 3 rings (SSSR count). The number of piperazine rings is 1. The first-order chi connectivity index (χ1) is 12.5. The third-order valence-electron chi connectivity index (χ3n) is 5.79. The Morgan fingerprint density at radius 2 is 1.92 bits per heavy atom. The minimum Gasteiger partial charge on any atom is -0.361 e. The summed E-state index contributed by atoms with van der Waals surface area (Å²) in [4.78, 5) is 19.0. The lowest BCUT2D eigenvalue weighted by Gasteiger charge is -2.40. The predicted octanol–water partition coefficient (Wildman–Crippen LogP) is 1.79. The lowest BCUT2D eigenvalue weighted by Crippen LogP contribution is -2.54. The van der Waals surface area contributed by atoms with Gasteiger partial charge in [-0.15, -0.1) is 0 Å². The zero-order valence-corrected chi connectivity index (χ0v) is 15.9. The van der Waals surface area contributed by atoms with Crippen LogP contribution < -0.4 is 0 Å². The maximum atomic E-state index is 12.7. The molecule has 2 aliphatic rings. The molecule has 1 aromatic rings. The summed E-state index contributed by atoms with van der Waals surface area (Å²) in [6.07, 6.45) is 4.84. The van der Waals surface area contributed by atoms with E-state index in [-0.39, 0.29) is 5.91 Å². The van der Waals surface area contributed by atoms with Crippen molar-refractivity contribution in [1.82, 2.24) is 19.9 Å². The second-order valence-corrected chi connectivity index (χ2v) is 7.64. The molecule has 0 bridgehead atoms. The number of hydrogen-bond donors (Lipinski definition) is 0. The number of aryl methyl sites for hydroxylation is 1. The fourth-order valence-electron chi connectivity index (χ4n) is 4.02. The van der Waals surface area contributed by atoms with Gasteiger partial charge >= 0.3 is 0 Å². The van der Waals surface area contributed by atoms with Gasteiger partial charge in [0, 0.05) is 45.8 Å². The van der Waals surface area contributed by atoms with Crippen molar-refractivity contribution in [3.05, 3.63) is 17.5 Å². The molecule has 1 saturated carbocycles. The Bertz CT molecular complexity index is 651. The van der Waals surface area contributed by atoms with Gasteiger partial charge in [-0.05, 0) is 19.8 Å². The largest absolute Gasteiger partial charge is 0.361 e. The average Bonchev–Trinajstić information content (AvgIpc) is 3.08. The first-order valence-electron chi connectivity index (χ1n) is 9.57. The summed E-state index contributed by atoms with van der Waals surface area (Å²) in [7, 11) is 1.81. The summed E-state index contributed by atoms with van der Waals surface area (Å²) in [6, 6.07) is 4.40. The molecule has 26 heavy (non-hydrogen) atoms. The predicted molar refractivity (Wildman–Crippen MR) is 97.2 cm³/mol. The number of carbonyl (C=O) groups excluding carboxylic acids is 1. The van der Waals surface area contributed by atoms with Crippen LogP contribution in [0.3, 0.4) is 0 Å². The average molecular weight is 359 g/mol. The molecular formula is C19H29N5O2. The van der Waals surface area contributed by atoms with Gasteiger partial charge in [-0.25, -0.2) is 0 Å². The fourth-order valence-corrected chi connectivity index (χ4v) is 4.02. The highest BCUT2D eigenvalue weighted by Crippen LogP contribution is 2.32. The summed E-state index contributed by atoms with van der Waals surface area (Å²) in [6.45, 7) is 6.62. The van der Waals surface area contributed by atoms with Crippen LogP contribution in [-0.2, 0) is 11.3 Å². The molecule has 0 unspecified atom stereocenters. The molecule has 7 heteroatoms. The van der Waals surface area contributed by atoms with Crippen LogP contribution in [0.2, 0.25) is 0 Å². The van der Waals surface area contributed by atoms with Gasteiger partial charge in [0.25, 0.3) is 0 Å². The van der Waals surface area contributed by atoms with E-state index in [0.29, 0.717) is 6.54 Å². The van der Waals surface area contributed by atoms with E-state index in [0.717, 1.165) is 69.9 Å². The standard InChI is InChI=1S/C19H29N5O2/c1-16-12-17(21-26-16)13-23-8-10-24(11-9-23)14-18(25)22(2)19(15-20)6-4-3-5-7-19/h12H,3-11,13-14H2,1-2H3. The second-order valence-electron chi connectivity index (χ2n) is 7.64. The molecule has 0 aromatic carbocycles. The van der Waals surface area contributed by atoms with Crippen LogP contribution >= 0.6 is 0 Å². The molecule has 0 radical (unpaired) electrons. The van der Waals surface area contributed by atoms with E-state index in [1.165, 1.54) is 6.42 Å². The monoisotopic (exact) mass is 359 g/mol. The molecule has 142 valence electrons. The van der Waals surface area contributed by atoms with Crippen LogP contribution in [0.5, 0.6) is 0 Å². The van der Waals surface area contributed by atoms with E-state index in [1.807, 2.05) is 13.0 Å². The van der Waals surface area contributed by atoms with Gasteiger partial charge in [0.2, 0.25) is 5.91 Å². The molecule has 0 N–H and O–H groups in total. The van der Waals surface area contributed by atoms with Gasteiger partial charge in [-0.2, -0.15) is 5.26 Å². The van der Waals surface area contributed by atoms with Crippen LogP contribution in [0, 0.1) is 18.3 Å². The van der Waals surface area contributed by atoms with E-state index >= 15 is 0 Å². The van der Waals surface area contributed by atoms with Crippen LogP contribution in [-0.4, -0.2) is 71.1 Å². The lowest BCUT2D eigenvalue weighted by atomic mass is 9.81. The van der Waals surface area contributed by atoms with Crippen molar-refractivity contribution in [3.63, 3.8) is 0 Å². The van der Waals surface area contributed by atoms with Crippen molar-refractivity contribution in [2.45, 2.75) is 51.1 Å². The van der Waals surface area contributed by atoms with Crippen LogP contribution in [0.15, 0.2) is 10.6 Å². The smallest absolute Gasteiger partial charge is 0.237 e. The van der Waals surface area contributed by atoms with Crippen molar-refractivity contribution < 1.29 is 9.32 Å². The number of hydrogen-bond acceptors (Lipinski definition) is 6. The lowest BCUT2D eigenvalue weighted by molar-refractivity contribution is -0.136. The minimum absolute atomic E-state index is 0.0639. The van der Waals surface area contributed by atoms with Crippen LogP contribution in [0.25, 0.3) is 0 Å². The van der Waals surface area contributed by atoms with Gasteiger partial charge in [0.1, 0.15) is 11.3 Å². The maximum absolute atomic E-state index is 12.7. The van der Waals surface area contributed by atoms with Crippen molar-refractivity contribution in [2.75, 3.05) is 39.8 Å². The van der Waals surface area contributed by atoms with E-state index in [4.69, 9.17) is 4.52 Å². The zero-order chi connectivity index (χ0) is 18.6. The Balaban J connectivity index is 1.47. The number of amides is 1. The number of aromatic nitrogens is 1. The first kappa shape index (κ1) is 18.9. The minimum atomic E-state index is -0.595. The second kappa shape index (κ2) is 8.19. The maximum Gasteiger partial charge on any atom is 0.237 e. The highest BCUT2D eigenvalue weighted by molar-refractivity contribution is 5.79. The van der Waals surface area contributed by atoms with Crippen molar-refractivity contribution in [1.29, 1.82) is 5.26 Å². The Morgan fingerprint density at radius 1 is 1.27 bits per heavy atom. The third-order valence-corrected chi connectivity index (χ3v) is 5.79. The van der Waals surface area contributed by atoms with E-state index in [2.05, 4.69) is 21.0 Å². The summed E-state index contributed by atoms with van der Waals surface area (Å²) < 4.78 is 5.12. The summed E-state index contributed by atoms with van der Waals surface area (Å²) in [5.41, 5.74) is 0.363. The highest BCUT2D eigenvalue weighted by Gasteiger charge is 2.39. The van der Waals surface area contributed by atoms with Crippen molar-refractivity contribution >= 4 is 5.91 Å². The number of carbonyl (C=O) groups is 1. The molecule has 7 nitrogen and oxygen atoms in total. The van der Waals surface area contributed by atoms with Gasteiger partial charge in [-0.1, -0.05) is 24.4 Å². The zero-order valence-electron chi connectivity index (χ0n) is 15.9. The molecule has 1 aliphatic heterocycles. The molecule has 1 amide bonds. The third kappa shape index (κ3) is 4.25. The van der Waals surface area contributed by atoms with Gasteiger partial charge < -0.3 is 9.42 Å². The number of nitrogens with zero attached hydrogens (tertiary/aromatic N) is 5. The van der Waals surface area contributed by atoms with Gasteiger partial charge in [0.15, 0.2) is 0 Å². The number of nitriles is 1. The highest BCUT2D eigenvalue weighted by atomic mass is 16.5. The number of likely N-dealkylation sites (N-methyl/N-ethyl adjacent to an activating group) is 1. The van der Waals surface area contributed by atoms with Crippen LogP contribution in [0.1, 0.15) is 43.6 Å². The van der Waals surface area contributed by atoms with E-state index in [9.17, 15) is 10.1 Å². The summed E-state index contributed by atoms with van der Waals surface area (Å²) in [5.74, 6) is 0.899. The van der Waals surface area contributed by atoms with Gasteiger partial charge in [-0.3, -0.25) is 14.6 Å².